The molecule has 0 radical (unpaired) electrons. The molecule has 1 amide bonds. The summed E-state index contributed by atoms with van der Waals surface area (Å²) >= 11 is 0. The van der Waals surface area contributed by atoms with E-state index >= 15 is 0 Å². The molecule has 7 nitrogen and oxygen atoms in total. The molecule has 0 aliphatic carbocycles. The number of rotatable bonds is 3. The predicted molar refractivity (Wildman–Crippen MR) is 87.9 cm³/mol. The number of carboxylic acids is 1. The molecule has 2 aliphatic heterocycles. The topological polar surface area (TPSA) is 92.0 Å². The van der Waals surface area contributed by atoms with Crippen LogP contribution in [0.1, 0.15) is 24.4 Å². The number of ether oxygens (including phenoxy) is 1. The normalized spacial score (nSPS) is 25.3. The number of likely N-dealkylation sites (N-methyl/N-ethyl adjacent to an activating group) is 1. The molecule has 2 saturated heterocycles. The van der Waals surface area contributed by atoms with E-state index in [1.165, 1.54) is 0 Å². The van der Waals surface area contributed by atoms with Crippen molar-refractivity contribution >= 4 is 11.9 Å². The fourth-order valence-electron chi connectivity index (χ4n) is 3.26. The number of amides is 1. The molecule has 1 aromatic rings. The predicted octanol–water partition coefficient (Wildman–Crippen LogP) is 1.95. The summed E-state index contributed by atoms with van der Waals surface area (Å²) in [4.78, 5) is 22.9. The highest BCUT2D eigenvalue weighted by Gasteiger charge is 2.41. The highest BCUT2D eigenvalue weighted by Crippen LogP contribution is 2.33. The Bertz CT molecular complexity index is 661. The van der Waals surface area contributed by atoms with Crippen LogP contribution >= 0.6 is 0 Å². The Morgan fingerprint density at radius 2 is 2.04 bits per heavy atom. The van der Waals surface area contributed by atoms with Crippen molar-refractivity contribution in [3.05, 3.63) is 23.7 Å². The first-order chi connectivity index (χ1) is 12.6. The minimum absolute atomic E-state index is 0.00705. The zero-order valence-corrected chi connectivity index (χ0v) is 15.1. The van der Waals surface area contributed by atoms with Crippen molar-refractivity contribution in [2.75, 3.05) is 20.1 Å². The average Bonchev–Trinajstić information content (AvgIpc) is 3.19. The molecular formula is C17H23F3N2O5. The lowest BCUT2D eigenvalue weighted by molar-refractivity contribution is -0.192. The molecule has 3 heterocycles. The number of nitrogens with zero attached hydrogens (tertiary/aromatic N) is 1. The number of aryl methyl sites for hydroxylation is 1. The molecule has 0 bridgehead atoms. The zero-order valence-electron chi connectivity index (χ0n) is 15.1. The number of hydrogen-bond donors (Lipinski definition) is 2. The number of piperidine rings is 1. The molecule has 1 aromatic heterocycles. The van der Waals surface area contributed by atoms with Crippen molar-refractivity contribution in [1.82, 2.24) is 10.2 Å². The van der Waals surface area contributed by atoms with Gasteiger partial charge < -0.3 is 19.6 Å². The third-order valence-corrected chi connectivity index (χ3v) is 4.59. The fraction of sp³-hybridized carbons (Fsp3) is 0.647. The van der Waals surface area contributed by atoms with Crippen LogP contribution in [0.3, 0.4) is 0 Å². The third kappa shape index (κ3) is 5.96. The van der Waals surface area contributed by atoms with Gasteiger partial charge >= 0.3 is 12.1 Å². The van der Waals surface area contributed by atoms with E-state index in [2.05, 4.69) is 10.2 Å². The summed E-state index contributed by atoms with van der Waals surface area (Å²) in [5.74, 6) is -0.277. The van der Waals surface area contributed by atoms with Crippen LogP contribution in [0.25, 0.3) is 0 Å². The number of furan rings is 1. The lowest BCUT2D eigenvalue weighted by Gasteiger charge is -2.33. The minimum atomic E-state index is -5.08. The number of nitrogens with one attached hydrogen (secondary N) is 1. The van der Waals surface area contributed by atoms with Gasteiger partial charge in [-0.25, -0.2) is 4.79 Å². The lowest BCUT2D eigenvalue weighted by atomic mass is 9.91. The number of likely N-dealkylation sites (tertiary alicyclic amines) is 1. The summed E-state index contributed by atoms with van der Waals surface area (Å²) in [5, 5.41) is 9.80. The van der Waals surface area contributed by atoms with E-state index in [0.717, 1.165) is 44.0 Å². The van der Waals surface area contributed by atoms with E-state index < -0.39 is 12.1 Å². The molecule has 10 heteroatoms. The van der Waals surface area contributed by atoms with Crippen molar-refractivity contribution in [2.45, 2.75) is 44.7 Å². The Balaban J connectivity index is 0.000000321. The second-order valence-corrected chi connectivity index (χ2v) is 6.61. The van der Waals surface area contributed by atoms with Gasteiger partial charge in [0.1, 0.15) is 17.6 Å². The van der Waals surface area contributed by atoms with Crippen LogP contribution in [0.2, 0.25) is 0 Å². The Labute approximate surface area is 154 Å². The molecule has 27 heavy (non-hydrogen) atoms. The smallest absolute Gasteiger partial charge is 0.475 e. The van der Waals surface area contributed by atoms with Gasteiger partial charge in [-0.2, -0.15) is 13.2 Å². The molecule has 0 unspecified atom stereocenters. The Kier molecular flexibility index (Phi) is 6.88. The molecule has 3 rings (SSSR count). The second kappa shape index (κ2) is 8.75. The monoisotopic (exact) mass is 392 g/mol. The molecule has 2 fully saturated rings. The Hall–Kier alpha value is -2.07. The summed E-state index contributed by atoms with van der Waals surface area (Å²) in [6.45, 7) is 4.72. The summed E-state index contributed by atoms with van der Waals surface area (Å²) in [5.41, 5.74) is 0. The maximum Gasteiger partial charge on any atom is 0.490 e. The molecular weight excluding hydrogens is 369 g/mol. The standard InChI is InChI=1S/C15H22N2O3.C2HF3O2/c1-10-3-4-12(19-10)8-17-6-5-11-7-13(15(18)16-2)20-14(11)9-17;3-2(4,5)1(6)7/h3-4,11,13-14H,5-9H2,1-2H3,(H,16,18);(H,6,7)/t11-,13+,14+;/m0./s1. The highest BCUT2D eigenvalue weighted by molar-refractivity contribution is 5.80. The van der Waals surface area contributed by atoms with Crippen LogP contribution in [-0.2, 0) is 20.9 Å². The maximum atomic E-state index is 11.7. The third-order valence-electron chi connectivity index (χ3n) is 4.59. The molecule has 152 valence electrons. The van der Waals surface area contributed by atoms with Crippen LogP contribution < -0.4 is 5.32 Å². The Morgan fingerprint density at radius 1 is 1.37 bits per heavy atom. The zero-order chi connectivity index (χ0) is 20.2. The first kappa shape index (κ1) is 21.2. The number of halogens is 3. The lowest BCUT2D eigenvalue weighted by Crippen LogP contribution is -2.42. The quantitative estimate of drug-likeness (QED) is 0.817. The SMILES string of the molecule is CNC(=O)[C@H]1C[C@@H]2CCN(Cc3ccc(C)o3)C[C@H]2O1.O=C(O)C(F)(F)F. The van der Waals surface area contributed by atoms with Gasteiger partial charge in [-0.1, -0.05) is 0 Å². The molecule has 0 aromatic carbocycles. The van der Waals surface area contributed by atoms with Gasteiger partial charge in [-0.15, -0.1) is 0 Å². The highest BCUT2D eigenvalue weighted by atomic mass is 19.4. The van der Waals surface area contributed by atoms with Gasteiger partial charge in [-0.3, -0.25) is 9.69 Å². The van der Waals surface area contributed by atoms with E-state index in [0.29, 0.717) is 5.92 Å². The number of aliphatic carboxylic acids is 1. The molecule has 3 atom stereocenters. The number of carboxylic acid groups (broad SMARTS) is 1. The number of carbonyl (C=O) groups is 2. The van der Waals surface area contributed by atoms with Crippen LogP contribution in [0.15, 0.2) is 16.5 Å². The maximum absolute atomic E-state index is 11.7. The number of alkyl halides is 3. The van der Waals surface area contributed by atoms with E-state index in [9.17, 15) is 18.0 Å². The number of fused-ring (bicyclic) bond motifs is 1. The van der Waals surface area contributed by atoms with E-state index in [1.54, 1.807) is 7.05 Å². The van der Waals surface area contributed by atoms with Crippen LogP contribution in [0.5, 0.6) is 0 Å². The summed E-state index contributed by atoms with van der Waals surface area (Å²) < 4.78 is 43.3. The molecule has 2 N–H and O–H groups in total. The van der Waals surface area contributed by atoms with Crippen molar-refractivity contribution < 1.29 is 37.0 Å². The fourth-order valence-corrected chi connectivity index (χ4v) is 3.26. The van der Waals surface area contributed by atoms with Crippen LogP contribution in [0, 0.1) is 12.8 Å². The van der Waals surface area contributed by atoms with Gasteiger partial charge in [-0.05, 0) is 44.4 Å². The van der Waals surface area contributed by atoms with Gasteiger partial charge in [0.15, 0.2) is 0 Å². The number of carbonyl (C=O) groups excluding carboxylic acids is 1. The second-order valence-electron chi connectivity index (χ2n) is 6.61. The average molecular weight is 392 g/mol. The summed E-state index contributed by atoms with van der Waals surface area (Å²) in [6, 6.07) is 4.03. The Morgan fingerprint density at radius 3 is 2.56 bits per heavy atom. The molecule has 0 spiro atoms. The van der Waals surface area contributed by atoms with Crippen LogP contribution in [-0.4, -0.2) is 60.4 Å². The van der Waals surface area contributed by atoms with Crippen molar-refractivity contribution in [3.8, 4) is 0 Å². The van der Waals surface area contributed by atoms with Crippen LogP contribution in [0.4, 0.5) is 13.2 Å². The van der Waals surface area contributed by atoms with Gasteiger partial charge in [0.05, 0.1) is 12.6 Å². The first-order valence-corrected chi connectivity index (χ1v) is 8.55. The van der Waals surface area contributed by atoms with Gasteiger partial charge in [0.2, 0.25) is 5.91 Å². The van der Waals surface area contributed by atoms with E-state index in [1.807, 2.05) is 19.1 Å². The molecule has 2 aliphatic rings. The van der Waals surface area contributed by atoms with Crippen molar-refractivity contribution in [2.24, 2.45) is 5.92 Å². The summed E-state index contributed by atoms with van der Waals surface area (Å²) in [6.07, 6.45) is -3.21. The van der Waals surface area contributed by atoms with Crippen molar-refractivity contribution in [1.29, 1.82) is 0 Å². The van der Waals surface area contributed by atoms with E-state index in [-0.39, 0.29) is 18.1 Å². The first-order valence-electron chi connectivity index (χ1n) is 8.55. The van der Waals surface area contributed by atoms with Crippen molar-refractivity contribution in [3.63, 3.8) is 0 Å². The van der Waals surface area contributed by atoms with Gasteiger partial charge in [0, 0.05) is 13.6 Å². The van der Waals surface area contributed by atoms with E-state index in [4.69, 9.17) is 19.1 Å². The number of hydrogen-bond acceptors (Lipinski definition) is 5. The summed E-state index contributed by atoms with van der Waals surface area (Å²) in [7, 11) is 1.67. The largest absolute Gasteiger partial charge is 0.490 e. The minimum Gasteiger partial charge on any atom is -0.475 e. The molecule has 0 saturated carbocycles. The van der Waals surface area contributed by atoms with Gasteiger partial charge in [0.25, 0.3) is 0 Å².